The number of halogens is 4. The van der Waals surface area contributed by atoms with Crippen LogP contribution in [0, 0.1) is 0 Å². The molecule has 1 amide bonds. The summed E-state index contributed by atoms with van der Waals surface area (Å²) in [5.41, 5.74) is -0.656. The fraction of sp³-hybridized carbons (Fsp3) is 0.444. The van der Waals surface area contributed by atoms with Gasteiger partial charge in [-0.25, -0.2) is 17.6 Å². The summed E-state index contributed by atoms with van der Waals surface area (Å²) in [4.78, 5) is 12.3. The Morgan fingerprint density at radius 3 is 2.36 bits per heavy atom. The van der Waals surface area contributed by atoms with Crippen LogP contribution in [0.1, 0.15) is 42.8 Å². The van der Waals surface area contributed by atoms with E-state index in [9.17, 15) is 22.4 Å². The molecule has 1 heterocycles. The predicted octanol–water partition coefficient (Wildman–Crippen LogP) is 3.70. The number of hydrogen-bond donors (Lipinski definition) is 1. The number of methoxy groups -OCH3 is 2. The van der Waals surface area contributed by atoms with Crippen molar-refractivity contribution in [3.05, 3.63) is 41.2 Å². The first kappa shape index (κ1) is 21.5. The normalized spacial score (nSPS) is 12.3. The van der Waals surface area contributed by atoms with E-state index < -0.39 is 36.2 Å². The smallest absolute Gasteiger partial charge is 0.282 e. The average molecular weight is 403 g/mol. The lowest BCUT2D eigenvalue weighted by Gasteiger charge is -2.16. The van der Waals surface area contributed by atoms with Crippen LogP contribution in [0.15, 0.2) is 24.3 Å². The first-order chi connectivity index (χ1) is 13.3. The molecule has 10 heteroatoms. The fourth-order valence-electron chi connectivity index (χ4n) is 2.63. The molecule has 0 aliphatic heterocycles. The molecule has 0 aliphatic rings. The number of carbonyl (C=O) groups excluding carboxylic acids is 1. The molecule has 0 saturated carbocycles. The Morgan fingerprint density at radius 1 is 1.11 bits per heavy atom. The van der Waals surface area contributed by atoms with Crippen molar-refractivity contribution in [3.8, 4) is 11.5 Å². The Morgan fingerprint density at radius 2 is 1.79 bits per heavy atom. The van der Waals surface area contributed by atoms with Gasteiger partial charge < -0.3 is 14.8 Å². The van der Waals surface area contributed by atoms with E-state index in [1.54, 1.807) is 18.2 Å². The van der Waals surface area contributed by atoms with Crippen LogP contribution in [-0.4, -0.2) is 36.5 Å². The Balaban J connectivity index is 2.02. The van der Waals surface area contributed by atoms with Crippen molar-refractivity contribution >= 4 is 5.91 Å². The van der Waals surface area contributed by atoms with E-state index in [0.717, 1.165) is 5.56 Å². The topological polar surface area (TPSA) is 65.4 Å². The highest BCUT2D eigenvalue weighted by Gasteiger charge is 2.26. The van der Waals surface area contributed by atoms with Crippen molar-refractivity contribution < 1.29 is 31.8 Å². The van der Waals surface area contributed by atoms with Gasteiger partial charge in [0.1, 0.15) is 17.4 Å². The summed E-state index contributed by atoms with van der Waals surface area (Å²) < 4.78 is 62.6. The maximum Gasteiger partial charge on any atom is 0.282 e. The van der Waals surface area contributed by atoms with E-state index in [4.69, 9.17) is 9.47 Å². The predicted molar refractivity (Wildman–Crippen MR) is 93.1 cm³/mol. The van der Waals surface area contributed by atoms with Gasteiger partial charge >= 0.3 is 0 Å². The third-order valence-corrected chi connectivity index (χ3v) is 4.14. The monoisotopic (exact) mass is 403 g/mol. The van der Waals surface area contributed by atoms with Crippen molar-refractivity contribution in [1.29, 1.82) is 0 Å². The highest BCUT2D eigenvalue weighted by Crippen LogP contribution is 2.28. The van der Waals surface area contributed by atoms with Crippen LogP contribution in [0.4, 0.5) is 17.6 Å². The summed E-state index contributed by atoms with van der Waals surface area (Å²) >= 11 is 0. The molecule has 0 saturated heterocycles. The van der Waals surface area contributed by atoms with Gasteiger partial charge in [0.15, 0.2) is 11.5 Å². The first-order valence-corrected chi connectivity index (χ1v) is 8.42. The van der Waals surface area contributed by atoms with E-state index in [1.165, 1.54) is 21.1 Å². The van der Waals surface area contributed by atoms with Crippen LogP contribution in [0.5, 0.6) is 11.5 Å². The van der Waals surface area contributed by atoms with Gasteiger partial charge in [0, 0.05) is 6.54 Å². The van der Waals surface area contributed by atoms with Gasteiger partial charge in [-0.2, -0.15) is 5.10 Å². The molecule has 1 aromatic carbocycles. The van der Waals surface area contributed by atoms with Gasteiger partial charge in [0.25, 0.3) is 12.9 Å². The highest BCUT2D eigenvalue weighted by molar-refractivity contribution is 5.79. The van der Waals surface area contributed by atoms with Crippen molar-refractivity contribution in [3.63, 3.8) is 0 Å². The Hall–Kier alpha value is -2.78. The number of nitrogens with zero attached hydrogens (tertiary/aromatic N) is 2. The summed E-state index contributed by atoms with van der Waals surface area (Å²) in [5.74, 6) is 0.501. The van der Waals surface area contributed by atoms with Gasteiger partial charge in [-0.15, -0.1) is 0 Å². The van der Waals surface area contributed by atoms with Gasteiger partial charge in [-0.05, 0) is 37.1 Å². The summed E-state index contributed by atoms with van der Waals surface area (Å²) in [5, 5.41) is 6.05. The van der Waals surface area contributed by atoms with E-state index >= 15 is 0 Å². The van der Waals surface area contributed by atoms with E-state index in [-0.39, 0.29) is 6.54 Å². The van der Waals surface area contributed by atoms with Gasteiger partial charge in [-0.3, -0.25) is 9.48 Å². The molecule has 0 fully saturated rings. The zero-order chi connectivity index (χ0) is 20.8. The van der Waals surface area contributed by atoms with Crippen molar-refractivity contribution in [2.45, 2.75) is 32.2 Å². The Kier molecular flexibility index (Phi) is 7.24. The SMILES string of the molecule is COc1ccc(CCNC(=O)C(C)n2nc(C(F)F)cc2C(F)F)cc1OC. The van der Waals surface area contributed by atoms with Crippen molar-refractivity contribution in [1.82, 2.24) is 15.1 Å². The molecule has 154 valence electrons. The molecule has 1 atom stereocenters. The number of nitrogens with one attached hydrogen (secondary N) is 1. The molecule has 2 rings (SSSR count). The lowest BCUT2D eigenvalue weighted by molar-refractivity contribution is -0.124. The molecule has 0 aliphatic carbocycles. The summed E-state index contributed by atoms with van der Waals surface area (Å²) in [6, 6.07) is 4.73. The Labute approximate surface area is 159 Å². The molecule has 0 bridgehead atoms. The number of alkyl halides is 4. The number of amides is 1. The summed E-state index contributed by atoms with van der Waals surface area (Å²) in [7, 11) is 3.02. The molecular formula is C18H21F4N3O3. The second-order valence-electron chi connectivity index (χ2n) is 5.95. The maximum atomic E-state index is 13.1. The molecule has 1 aromatic heterocycles. The van der Waals surface area contributed by atoms with Crippen LogP contribution >= 0.6 is 0 Å². The molecule has 6 nitrogen and oxygen atoms in total. The molecular weight excluding hydrogens is 382 g/mol. The molecule has 1 unspecified atom stereocenters. The summed E-state index contributed by atoms with van der Waals surface area (Å²) in [6.07, 6.45) is -5.58. The van der Waals surface area contributed by atoms with Crippen molar-refractivity contribution in [2.24, 2.45) is 0 Å². The molecule has 0 radical (unpaired) electrons. The van der Waals surface area contributed by atoms with Crippen LogP contribution in [0.3, 0.4) is 0 Å². The molecule has 1 N–H and O–H groups in total. The minimum atomic E-state index is -3.03. The second-order valence-corrected chi connectivity index (χ2v) is 5.95. The minimum Gasteiger partial charge on any atom is -0.493 e. The number of ether oxygens (including phenoxy) is 2. The number of carbonyl (C=O) groups is 1. The molecule has 0 spiro atoms. The molecule has 28 heavy (non-hydrogen) atoms. The lowest BCUT2D eigenvalue weighted by atomic mass is 10.1. The fourth-order valence-corrected chi connectivity index (χ4v) is 2.63. The van der Waals surface area contributed by atoms with Gasteiger partial charge in [-0.1, -0.05) is 6.07 Å². The highest BCUT2D eigenvalue weighted by atomic mass is 19.3. The largest absolute Gasteiger partial charge is 0.493 e. The quantitative estimate of drug-likeness (QED) is 0.649. The lowest BCUT2D eigenvalue weighted by Crippen LogP contribution is -2.33. The van der Waals surface area contributed by atoms with Crippen LogP contribution < -0.4 is 14.8 Å². The minimum absolute atomic E-state index is 0.214. The summed E-state index contributed by atoms with van der Waals surface area (Å²) in [6.45, 7) is 1.53. The van der Waals surface area contributed by atoms with Crippen molar-refractivity contribution in [2.75, 3.05) is 20.8 Å². The third kappa shape index (κ3) is 4.93. The average Bonchev–Trinajstić information content (AvgIpc) is 3.13. The number of aromatic nitrogens is 2. The number of hydrogen-bond acceptors (Lipinski definition) is 4. The van der Waals surface area contributed by atoms with Gasteiger partial charge in [0.05, 0.1) is 14.2 Å². The molecule has 2 aromatic rings. The maximum absolute atomic E-state index is 13.1. The third-order valence-electron chi connectivity index (χ3n) is 4.14. The number of benzene rings is 1. The van der Waals surface area contributed by atoms with E-state index in [0.29, 0.717) is 28.7 Å². The standard InChI is InChI=1S/C18H21F4N3O3/c1-10(25-13(17(21)22)9-12(24-25)16(19)20)18(26)23-7-6-11-4-5-14(27-2)15(8-11)28-3/h4-5,8-10,16-17H,6-7H2,1-3H3,(H,23,26). The van der Waals surface area contributed by atoms with Crippen LogP contribution in [0.2, 0.25) is 0 Å². The zero-order valence-electron chi connectivity index (χ0n) is 15.6. The van der Waals surface area contributed by atoms with E-state index in [2.05, 4.69) is 10.4 Å². The van der Waals surface area contributed by atoms with Crippen LogP contribution in [0.25, 0.3) is 0 Å². The van der Waals surface area contributed by atoms with Gasteiger partial charge in [0.2, 0.25) is 5.91 Å². The number of rotatable bonds is 9. The van der Waals surface area contributed by atoms with E-state index in [1.807, 2.05) is 0 Å². The first-order valence-electron chi connectivity index (χ1n) is 8.42. The zero-order valence-corrected chi connectivity index (χ0v) is 15.6. The van der Waals surface area contributed by atoms with Crippen LogP contribution in [-0.2, 0) is 11.2 Å². The Bertz CT molecular complexity index is 811. The second kappa shape index (κ2) is 9.43.